The number of halogens is 1. The van der Waals surface area contributed by atoms with Crippen molar-refractivity contribution >= 4 is 11.6 Å². The van der Waals surface area contributed by atoms with Crippen molar-refractivity contribution in [2.45, 2.75) is 19.8 Å². The highest BCUT2D eigenvalue weighted by Crippen LogP contribution is 2.28. The van der Waals surface area contributed by atoms with Gasteiger partial charge in [-0.25, -0.2) is 4.98 Å². The van der Waals surface area contributed by atoms with Crippen LogP contribution in [0.4, 0.5) is 0 Å². The maximum absolute atomic E-state index is 6.07. The van der Waals surface area contributed by atoms with Gasteiger partial charge in [-0.05, 0) is 6.07 Å². The number of nitrogens with zero attached hydrogens (tertiary/aromatic N) is 1. The molecule has 0 saturated carbocycles. The van der Waals surface area contributed by atoms with Gasteiger partial charge in [-0.3, -0.25) is 0 Å². The predicted molar refractivity (Wildman–Crippen MR) is 61.0 cm³/mol. The van der Waals surface area contributed by atoms with Gasteiger partial charge in [0.15, 0.2) is 5.89 Å². The quantitative estimate of drug-likeness (QED) is 0.763. The molecule has 0 aliphatic carbocycles. The summed E-state index contributed by atoms with van der Waals surface area (Å²) in [6.07, 6.45) is 1.65. The van der Waals surface area contributed by atoms with Crippen LogP contribution >= 0.6 is 11.6 Å². The number of oxazole rings is 1. The van der Waals surface area contributed by atoms with Crippen molar-refractivity contribution in [3.63, 3.8) is 0 Å². The molecule has 0 aliphatic rings. The molecule has 0 amide bonds. The number of hydrogen-bond acceptors (Lipinski definition) is 2. The fraction of sp³-hybridized carbons (Fsp3) is 0.250. The van der Waals surface area contributed by atoms with Crippen LogP contribution in [0.1, 0.15) is 25.7 Å². The van der Waals surface area contributed by atoms with Gasteiger partial charge < -0.3 is 4.42 Å². The van der Waals surface area contributed by atoms with Crippen molar-refractivity contribution in [1.82, 2.24) is 4.98 Å². The average Bonchev–Trinajstić information content (AvgIpc) is 2.67. The lowest BCUT2D eigenvalue weighted by atomic mass is 10.2. The lowest BCUT2D eigenvalue weighted by molar-refractivity contribution is 0.471. The molecule has 1 aromatic heterocycles. The van der Waals surface area contributed by atoms with Gasteiger partial charge in [0.1, 0.15) is 12.0 Å². The van der Waals surface area contributed by atoms with E-state index in [1.807, 2.05) is 38.1 Å². The molecule has 0 N–H and O–H groups in total. The molecule has 0 fully saturated rings. The maximum atomic E-state index is 6.07. The van der Waals surface area contributed by atoms with E-state index in [0.717, 1.165) is 17.1 Å². The van der Waals surface area contributed by atoms with Crippen molar-refractivity contribution in [3.8, 4) is 11.3 Å². The van der Waals surface area contributed by atoms with Crippen LogP contribution in [0.3, 0.4) is 0 Å². The molecule has 3 heteroatoms. The summed E-state index contributed by atoms with van der Waals surface area (Å²) < 4.78 is 5.37. The van der Waals surface area contributed by atoms with Crippen molar-refractivity contribution < 1.29 is 4.42 Å². The van der Waals surface area contributed by atoms with E-state index in [9.17, 15) is 0 Å². The topological polar surface area (TPSA) is 26.0 Å². The lowest BCUT2D eigenvalue weighted by Gasteiger charge is -1.98. The molecule has 0 radical (unpaired) electrons. The van der Waals surface area contributed by atoms with E-state index in [1.165, 1.54) is 0 Å². The first-order valence-electron chi connectivity index (χ1n) is 4.89. The zero-order valence-corrected chi connectivity index (χ0v) is 9.45. The SMILES string of the molecule is CC(C)c1nc(-c2ccccc2Cl)co1. The van der Waals surface area contributed by atoms with E-state index in [0.29, 0.717) is 10.9 Å². The van der Waals surface area contributed by atoms with Gasteiger partial charge in [0.2, 0.25) is 0 Å². The van der Waals surface area contributed by atoms with Crippen LogP contribution in [-0.4, -0.2) is 4.98 Å². The summed E-state index contributed by atoms with van der Waals surface area (Å²) in [6, 6.07) is 7.62. The van der Waals surface area contributed by atoms with Crippen molar-refractivity contribution in [2.75, 3.05) is 0 Å². The number of rotatable bonds is 2. The van der Waals surface area contributed by atoms with Crippen LogP contribution in [0.25, 0.3) is 11.3 Å². The predicted octanol–water partition coefficient (Wildman–Crippen LogP) is 4.12. The van der Waals surface area contributed by atoms with E-state index in [-0.39, 0.29) is 0 Å². The third kappa shape index (κ3) is 2.05. The van der Waals surface area contributed by atoms with Crippen LogP contribution in [0.5, 0.6) is 0 Å². The van der Waals surface area contributed by atoms with Crippen LogP contribution < -0.4 is 0 Å². The smallest absolute Gasteiger partial charge is 0.197 e. The molecule has 0 aliphatic heterocycles. The Bertz CT molecular complexity index is 462. The first-order valence-corrected chi connectivity index (χ1v) is 5.26. The Morgan fingerprint density at radius 3 is 2.60 bits per heavy atom. The Morgan fingerprint density at radius 2 is 2.00 bits per heavy atom. The van der Waals surface area contributed by atoms with Crippen LogP contribution in [-0.2, 0) is 0 Å². The fourth-order valence-electron chi connectivity index (χ4n) is 1.35. The highest BCUT2D eigenvalue weighted by atomic mass is 35.5. The molecule has 0 saturated heterocycles. The summed E-state index contributed by atoms with van der Waals surface area (Å²) in [5.74, 6) is 1.03. The molecular weight excluding hydrogens is 210 g/mol. The van der Waals surface area contributed by atoms with Crippen LogP contribution in [0.15, 0.2) is 34.9 Å². The Hall–Kier alpha value is -1.28. The van der Waals surface area contributed by atoms with E-state index in [1.54, 1.807) is 6.26 Å². The summed E-state index contributed by atoms with van der Waals surface area (Å²) in [5, 5.41) is 0.695. The van der Waals surface area contributed by atoms with Crippen LogP contribution in [0.2, 0.25) is 5.02 Å². The minimum Gasteiger partial charge on any atom is -0.448 e. The molecule has 15 heavy (non-hydrogen) atoms. The summed E-state index contributed by atoms with van der Waals surface area (Å²) in [7, 11) is 0. The number of benzene rings is 1. The van der Waals surface area contributed by atoms with Gasteiger partial charge in [-0.15, -0.1) is 0 Å². The molecule has 78 valence electrons. The Morgan fingerprint density at radius 1 is 1.27 bits per heavy atom. The van der Waals surface area contributed by atoms with Gasteiger partial charge in [0, 0.05) is 11.5 Å². The minimum atomic E-state index is 0.293. The van der Waals surface area contributed by atoms with Crippen molar-refractivity contribution in [1.29, 1.82) is 0 Å². The zero-order chi connectivity index (χ0) is 10.8. The van der Waals surface area contributed by atoms with Gasteiger partial charge >= 0.3 is 0 Å². The van der Waals surface area contributed by atoms with E-state index in [4.69, 9.17) is 16.0 Å². The second-order valence-corrected chi connectivity index (χ2v) is 4.11. The fourth-order valence-corrected chi connectivity index (χ4v) is 1.58. The van der Waals surface area contributed by atoms with Gasteiger partial charge in [-0.1, -0.05) is 43.6 Å². The normalized spacial score (nSPS) is 10.9. The molecule has 2 rings (SSSR count). The maximum Gasteiger partial charge on any atom is 0.197 e. The second-order valence-electron chi connectivity index (χ2n) is 3.71. The zero-order valence-electron chi connectivity index (χ0n) is 8.70. The van der Waals surface area contributed by atoms with Gasteiger partial charge in [-0.2, -0.15) is 0 Å². The molecule has 1 aromatic carbocycles. The Labute approximate surface area is 93.9 Å². The van der Waals surface area contributed by atoms with Gasteiger partial charge in [0.05, 0.1) is 5.02 Å². The first kappa shape index (κ1) is 10.2. The second kappa shape index (κ2) is 4.07. The summed E-state index contributed by atoms with van der Waals surface area (Å²) >= 11 is 6.07. The third-order valence-corrected chi connectivity index (χ3v) is 2.50. The Kier molecular flexibility index (Phi) is 2.78. The van der Waals surface area contributed by atoms with E-state index < -0.39 is 0 Å². The van der Waals surface area contributed by atoms with Gasteiger partial charge in [0.25, 0.3) is 0 Å². The average molecular weight is 222 g/mol. The highest BCUT2D eigenvalue weighted by molar-refractivity contribution is 6.33. The van der Waals surface area contributed by atoms with Crippen molar-refractivity contribution in [3.05, 3.63) is 41.4 Å². The molecule has 0 atom stereocenters. The van der Waals surface area contributed by atoms with Crippen LogP contribution in [0, 0.1) is 0 Å². The molecule has 1 heterocycles. The summed E-state index contributed by atoms with van der Waals surface area (Å²) in [5.41, 5.74) is 1.71. The standard InChI is InChI=1S/C12H12ClNO/c1-8(2)12-14-11(7-15-12)9-5-3-4-6-10(9)13/h3-8H,1-2H3. The monoisotopic (exact) mass is 221 g/mol. The molecule has 0 bridgehead atoms. The Balaban J connectivity index is 2.42. The number of aromatic nitrogens is 1. The van der Waals surface area contributed by atoms with E-state index in [2.05, 4.69) is 4.98 Å². The third-order valence-electron chi connectivity index (χ3n) is 2.17. The molecule has 0 unspecified atom stereocenters. The summed E-state index contributed by atoms with van der Waals surface area (Å²) in [4.78, 5) is 4.39. The molecule has 2 aromatic rings. The number of hydrogen-bond donors (Lipinski definition) is 0. The molecule has 0 spiro atoms. The first-order chi connectivity index (χ1) is 7.18. The molecular formula is C12H12ClNO. The van der Waals surface area contributed by atoms with E-state index >= 15 is 0 Å². The van der Waals surface area contributed by atoms with Crippen molar-refractivity contribution in [2.24, 2.45) is 0 Å². The largest absolute Gasteiger partial charge is 0.448 e. The highest BCUT2D eigenvalue weighted by Gasteiger charge is 2.10. The minimum absolute atomic E-state index is 0.293. The molecule has 2 nitrogen and oxygen atoms in total. The summed E-state index contributed by atoms with van der Waals surface area (Å²) in [6.45, 7) is 4.09. The lowest BCUT2D eigenvalue weighted by Crippen LogP contribution is -1.86.